The van der Waals surface area contributed by atoms with Crippen LogP contribution < -0.4 is 4.72 Å². The highest BCUT2D eigenvalue weighted by molar-refractivity contribution is 7.88. The summed E-state index contributed by atoms with van der Waals surface area (Å²) < 4.78 is 32.0. The Bertz CT molecular complexity index is 1390. The first-order valence-corrected chi connectivity index (χ1v) is 14.8. The Morgan fingerprint density at radius 3 is 2.08 bits per heavy atom. The molecule has 0 spiro atoms. The third-order valence-electron chi connectivity index (χ3n) is 6.47. The van der Waals surface area contributed by atoms with Crippen molar-refractivity contribution in [2.24, 2.45) is 0 Å². The number of ether oxygens (including phenoxy) is 1. The van der Waals surface area contributed by atoms with Crippen LogP contribution in [0.2, 0.25) is 0 Å². The zero-order valence-electron chi connectivity index (χ0n) is 23.5. The summed E-state index contributed by atoms with van der Waals surface area (Å²) in [6.07, 6.45) is 1.18. The largest absolute Gasteiger partial charge is 0.444 e. The first-order valence-electron chi connectivity index (χ1n) is 12.9. The van der Waals surface area contributed by atoms with E-state index in [0.717, 1.165) is 28.2 Å². The highest BCUT2D eigenvalue weighted by Crippen LogP contribution is 2.21. The fourth-order valence-corrected chi connectivity index (χ4v) is 4.83. The molecule has 3 aromatic rings. The van der Waals surface area contributed by atoms with Crippen LogP contribution in [0, 0.1) is 0 Å². The van der Waals surface area contributed by atoms with Gasteiger partial charge in [-0.05, 0) is 49.1 Å². The second-order valence-corrected chi connectivity index (χ2v) is 12.7. The average Bonchev–Trinajstić information content (AvgIpc) is 2.87. The molecule has 2 unspecified atom stereocenters. The van der Waals surface area contributed by atoms with Crippen LogP contribution >= 0.6 is 0 Å². The Morgan fingerprint density at radius 2 is 1.46 bits per heavy atom. The summed E-state index contributed by atoms with van der Waals surface area (Å²) in [7, 11) is -0.272. The molecular weight excluding hydrogens is 514 g/mol. The predicted octanol–water partition coefficient (Wildman–Crippen LogP) is 4.24. The lowest BCUT2D eigenvalue weighted by Crippen LogP contribution is -2.55. The number of hydrogen-bond donors (Lipinski definition) is 1. The van der Waals surface area contributed by atoms with E-state index >= 15 is 0 Å². The normalized spacial score (nSPS) is 13.5. The molecule has 0 heterocycles. The van der Waals surface area contributed by atoms with Crippen LogP contribution in [-0.4, -0.2) is 74.8 Å². The van der Waals surface area contributed by atoms with Gasteiger partial charge < -0.3 is 9.64 Å². The Balaban J connectivity index is 1.94. The summed E-state index contributed by atoms with van der Waals surface area (Å²) in [5, 5.41) is 2.12. The van der Waals surface area contributed by atoms with E-state index in [2.05, 4.69) is 4.72 Å². The Hall–Kier alpha value is -3.43. The molecule has 2 amide bonds. The van der Waals surface area contributed by atoms with E-state index in [1.165, 1.54) is 9.80 Å². The van der Waals surface area contributed by atoms with Crippen molar-refractivity contribution in [1.82, 2.24) is 14.5 Å². The molecule has 1 N–H and O–H groups in total. The molecule has 2 atom stereocenters. The van der Waals surface area contributed by atoms with Gasteiger partial charge in [0.15, 0.2) is 0 Å². The van der Waals surface area contributed by atoms with Gasteiger partial charge in [0.1, 0.15) is 11.6 Å². The maximum absolute atomic E-state index is 14.1. The van der Waals surface area contributed by atoms with E-state index in [9.17, 15) is 18.0 Å². The van der Waals surface area contributed by atoms with Crippen molar-refractivity contribution in [2.75, 3.05) is 26.9 Å². The molecule has 0 bridgehead atoms. The molecule has 0 saturated heterocycles. The van der Waals surface area contributed by atoms with Gasteiger partial charge in [-0.3, -0.25) is 9.69 Å². The van der Waals surface area contributed by atoms with Crippen molar-refractivity contribution in [2.45, 2.75) is 51.3 Å². The molecule has 0 fully saturated rings. The standard InChI is InChI=1S/C30H39N3O5S/c1-30(2,3)38-29(35)33(5)27(20-23-16-17-24-14-10-11-15-25(24)18-23)28(34)32(4)26(21-31-39(6,36)37)19-22-12-8-7-9-13-22/h7-18,26-27,31H,19-21H2,1-6H3. The monoisotopic (exact) mass is 553 g/mol. The quantitative estimate of drug-likeness (QED) is 0.405. The lowest BCUT2D eigenvalue weighted by atomic mass is 9.99. The summed E-state index contributed by atoms with van der Waals surface area (Å²) in [4.78, 5) is 30.0. The summed E-state index contributed by atoms with van der Waals surface area (Å²) in [5.41, 5.74) is 1.12. The van der Waals surface area contributed by atoms with Crippen molar-refractivity contribution in [3.8, 4) is 0 Å². The smallest absolute Gasteiger partial charge is 0.410 e. The molecule has 8 nitrogen and oxygen atoms in total. The molecule has 0 aromatic heterocycles. The third-order valence-corrected chi connectivity index (χ3v) is 7.16. The number of fused-ring (bicyclic) bond motifs is 1. The number of carbonyl (C=O) groups is 2. The summed E-state index contributed by atoms with van der Waals surface area (Å²) in [6.45, 7) is 5.36. The van der Waals surface area contributed by atoms with Crippen LogP contribution in [0.3, 0.4) is 0 Å². The Morgan fingerprint density at radius 1 is 0.846 bits per heavy atom. The highest BCUT2D eigenvalue weighted by atomic mass is 32.2. The molecule has 0 radical (unpaired) electrons. The van der Waals surface area contributed by atoms with Crippen LogP contribution in [-0.2, 0) is 32.4 Å². The van der Waals surface area contributed by atoms with Crippen molar-refractivity contribution < 1.29 is 22.7 Å². The van der Waals surface area contributed by atoms with Gasteiger partial charge in [-0.2, -0.15) is 0 Å². The molecule has 39 heavy (non-hydrogen) atoms. The molecule has 3 aromatic carbocycles. The zero-order chi connectivity index (χ0) is 28.8. The highest BCUT2D eigenvalue weighted by Gasteiger charge is 2.34. The van der Waals surface area contributed by atoms with Gasteiger partial charge in [-0.1, -0.05) is 72.8 Å². The molecule has 210 valence electrons. The molecule has 0 aliphatic rings. The van der Waals surface area contributed by atoms with Gasteiger partial charge in [0.25, 0.3) is 0 Å². The topological polar surface area (TPSA) is 96.0 Å². The maximum atomic E-state index is 14.1. The van der Waals surface area contributed by atoms with Gasteiger partial charge in [-0.25, -0.2) is 17.9 Å². The van der Waals surface area contributed by atoms with E-state index in [1.54, 1.807) is 34.9 Å². The molecule has 0 saturated carbocycles. The van der Waals surface area contributed by atoms with E-state index in [4.69, 9.17) is 4.74 Å². The van der Waals surface area contributed by atoms with Crippen molar-refractivity contribution in [3.05, 3.63) is 83.9 Å². The number of hydrogen-bond acceptors (Lipinski definition) is 5. The van der Waals surface area contributed by atoms with Crippen molar-refractivity contribution >= 4 is 32.8 Å². The minimum absolute atomic E-state index is 0.0365. The van der Waals surface area contributed by atoms with Crippen LogP contribution in [0.5, 0.6) is 0 Å². The second-order valence-electron chi connectivity index (χ2n) is 10.9. The summed E-state index contributed by atoms with van der Waals surface area (Å²) in [5.74, 6) is -0.312. The number of nitrogens with zero attached hydrogens (tertiary/aromatic N) is 2. The maximum Gasteiger partial charge on any atom is 0.410 e. The van der Waals surface area contributed by atoms with E-state index in [1.807, 2.05) is 72.8 Å². The number of rotatable bonds is 10. The zero-order valence-corrected chi connectivity index (χ0v) is 24.4. The Kier molecular flexibility index (Phi) is 9.74. The molecule has 0 aliphatic carbocycles. The number of sulfonamides is 1. The molecule has 3 rings (SSSR count). The van der Waals surface area contributed by atoms with Crippen LogP contribution in [0.1, 0.15) is 31.9 Å². The SMILES string of the molecule is CN(C(=O)C(Cc1ccc2ccccc2c1)N(C)C(=O)OC(C)(C)C)C(CNS(C)(=O)=O)Cc1ccccc1. The predicted molar refractivity (Wildman–Crippen MR) is 155 cm³/mol. The molecular formula is C30H39N3O5S. The Labute approximate surface area is 232 Å². The van der Waals surface area contributed by atoms with E-state index in [0.29, 0.717) is 6.42 Å². The number of likely N-dealkylation sites (N-methyl/N-ethyl adjacent to an activating group) is 2. The number of amides is 2. The van der Waals surface area contributed by atoms with Gasteiger partial charge >= 0.3 is 6.09 Å². The first kappa shape index (κ1) is 30.1. The minimum Gasteiger partial charge on any atom is -0.444 e. The van der Waals surface area contributed by atoms with Gasteiger partial charge in [0.05, 0.1) is 6.26 Å². The van der Waals surface area contributed by atoms with E-state index in [-0.39, 0.29) is 18.9 Å². The van der Waals surface area contributed by atoms with Gasteiger partial charge in [0.2, 0.25) is 15.9 Å². The second kappa shape index (κ2) is 12.6. The molecule has 9 heteroatoms. The van der Waals surface area contributed by atoms with Crippen molar-refractivity contribution in [3.63, 3.8) is 0 Å². The first-order chi connectivity index (χ1) is 18.2. The van der Waals surface area contributed by atoms with Crippen LogP contribution in [0.4, 0.5) is 4.79 Å². The molecule has 0 aliphatic heterocycles. The fraction of sp³-hybridized carbons (Fsp3) is 0.400. The summed E-state index contributed by atoms with van der Waals surface area (Å²) >= 11 is 0. The van der Waals surface area contributed by atoms with E-state index < -0.39 is 33.8 Å². The number of carbonyl (C=O) groups excluding carboxylic acids is 2. The van der Waals surface area contributed by atoms with Crippen LogP contribution in [0.25, 0.3) is 10.8 Å². The lowest BCUT2D eigenvalue weighted by Gasteiger charge is -2.36. The van der Waals surface area contributed by atoms with Crippen LogP contribution in [0.15, 0.2) is 72.8 Å². The third kappa shape index (κ3) is 9.07. The summed E-state index contributed by atoms with van der Waals surface area (Å²) in [6, 6.07) is 22.1. The lowest BCUT2D eigenvalue weighted by molar-refractivity contribution is -0.137. The minimum atomic E-state index is -3.48. The van der Waals surface area contributed by atoms with Gasteiger partial charge in [0, 0.05) is 33.1 Å². The number of benzene rings is 3. The van der Waals surface area contributed by atoms with Gasteiger partial charge in [-0.15, -0.1) is 0 Å². The fourth-order valence-electron chi connectivity index (χ4n) is 4.33. The van der Waals surface area contributed by atoms with Crippen molar-refractivity contribution in [1.29, 1.82) is 0 Å². The average molecular weight is 554 g/mol. The number of nitrogens with one attached hydrogen (secondary N) is 1.